The Morgan fingerprint density at radius 1 is 1.28 bits per heavy atom. The summed E-state index contributed by atoms with van der Waals surface area (Å²) >= 11 is 0. The van der Waals surface area contributed by atoms with Crippen molar-refractivity contribution >= 4 is 11.4 Å². The van der Waals surface area contributed by atoms with E-state index in [1.807, 2.05) is 4.90 Å². The van der Waals surface area contributed by atoms with E-state index in [4.69, 9.17) is 10.5 Å². The van der Waals surface area contributed by atoms with Crippen LogP contribution in [0.2, 0.25) is 0 Å². The molecule has 2 N–H and O–H groups in total. The number of nitrogens with zero attached hydrogens (tertiary/aromatic N) is 1. The highest BCUT2D eigenvalue weighted by Crippen LogP contribution is 2.37. The summed E-state index contributed by atoms with van der Waals surface area (Å²) in [6.07, 6.45) is 3.11. The number of ether oxygens (including phenoxy) is 1. The van der Waals surface area contributed by atoms with Gasteiger partial charge in [0.15, 0.2) is 11.6 Å². The van der Waals surface area contributed by atoms with Gasteiger partial charge in [-0.05, 0) is 31.4 Å². The lowest BCUT2D eigenvalue weighted by Crippen LogP contribution is -2.49. The molecule has 1 aliphatic heterocycles. The minimum Gasteiger partial charge on any atom is -0.397 e. The van der Waals surface area contributed by atoms with Crippen LogP contribution >= 0.6 is 0 Å². The SMILES string of the molecule is Nc1ccc(F)c(F)c1N1CCOC2CCCC21. The molecule has 2 aliphatic rings. The van der Waals surface area contributed by atoms with E-state index in [9.17, 15) is 8.78 Å². The summed E-state index contributed by atoms with van der Waals surface area (Å²) in [5.41, 5.74) is 6.31. The molecule has 1 saturated carbocycles. The summed E-state index contributed by atoms with van der Waals surface area (Å²) in [4.78, 5) is 1.88. The molecule has 2 fully saturated rings. The Labute approximate surface area is 105 Å². The fraction of sp³-hybridized carbons (Fsp3) is 0.538. The minimum atomic E-state index is -0.847. The molecule has 3 rings (SSSR count). The van der Waals surface area contributed by atoms with E-state index in [0.717, 1.165) is 25.3 Å². The monoisotopic (exact) mass is 254 g/mol. The van der Waals surface area contributed by atoms with Crippen LogP contribution in [0.4, 0.5) is 20.2 Å². The van der Waals surface area contributed by atoms with Gasteiger partial charge in [-0.3, -0.25) is 0 Å². The van der Waals surface area contributed by atoms with Gasteiger partial charge in [-0.1, -0.05) is 0 Å². The number of nitrogen functional groups attached to an aromatic ring is 1. The maximum Gasteiger partial charge on any atom is 0.184 e. The fourth-order valence-electron chi connectivity index (χ4n) is 3.05. The number of anilines is 2. The Kier molecular flexibility index (Phi) is 2.86. The largest absolute Gasteiger partial charge is 0.397 e. The van der Waals surface area contributed by atoms with Crippen molar-refractivity contribution in [2.24, 2.45) is 0 Å². The highest BCUT2D eigenvalue weighted by Gasteiger charge is 2.38. The van der Waals surface area contributed by atoms with E-state index >= 15 is 0 Å². The van der Waals surface area contributed by atoms with Crippen LogP contribution in [0.25, 0.3) is 0 Å². The van der Waals surface area contributed by atoms with Crippen molar-refractivity contribution in [3.63, 3.8) is 0 Å². The molecule has 0 amide bonds. The van der Waals surface area contributed by atoms with Gasteiger partial charge in [0.1, 0.15) is 0 Å². The number of rotatable bonds is 1. The predicted molar refractivity (Wildman–Crippen MR) is 65.5 cm³/mol. The highest BCUT2D eigenvalue weighted by molar-refractivity contribution is 5.69. The minimum absolute atomic E-state index is 0.123. The number of benzene rings is 1. The Bertz CT molecular complexity index is 467. The van der Waals surface area contributed by atoms with Crippen molar-refractivity contribution < 1.29 is 13.5 Å². The van der Waals surface area contributed by atoms with Crippen molar-refractivity contribution in [1.82, 2.24) is 0 Å². The van der Waals surface area contributed by atoms with Gasteiger partial charge in [0.05, 0.1) is 30.1 Å². The number of fused-ring (bicyclic) bond motifs is 1. The first kappa shape index (κ1) is 11.7. The summed E-state index contributed by atoms with van der Waals surface area (Å²) < 4.78 is 33.0. The molecule has 1 heterocycles. The summed E-state index contributed by atoms with van der Waals surface area (Å²) in [6, 6.07) is 2.62. The quantitative estimate of drug-likeness (QED) is 0.781. The number of nitrogens with two attached hydrogens (primary N) is 1. The molecular weight excluding hydrogens is 238 g/mol. The first-order valence-corrected chi connectivity index (χ1v) is 6.30. The van der Waals surface area contributed by atoms with Gasteiger partial charge >= 0.3 is 0 Å². The van der Waals surface area contributed by atoms with Gasteiger partial charge in [0, 0.05) is 6.54 Å². The number of hydrogen-bond donors (Lipinski definition) is 1. The fourth-order valence-corrected chi connectivity index (χ4v) is 3.05. The van der Waals surface area contributed by atoms with Crippen LogP contribution in [-0.4, -0.2) is 25.3 Å². The third-order valence-corrected chi connectivity index (χ3v) is 3.87. The van der Waals surface area contributed by atoms with Crippen molar-refractivity contribution in [2.45, 2.75) is 31.4 Å². The first-order valence-electron chi connectivity index (χ1n) is 6.30. The number of halogens is 2. The molecule has 18 heavy (non-hydrogen) atoms. The third-order valence-electron chi connectivity index (χ3n) is 3.87. The molecule has 0 spiro atoms. The molecule has 1 aromatic rings. The van der Waals surface area contributed by atoms with Gasteiger partial charge < -0.3 is 15.4 Å². The average molecular weight is 254 g/mol. The van der Waals surface area contributed by atoms with Crippen LogP contribution in [0.15, 0.2) is 12.1 Å². The van der Waals surface area contributed by atoms with Gasteiger partial charge in [0.2, 0.25) is 0 Å². The van der Waals surface area contributed by atoms with Crippen LogP contribution in [0.5, 0.6) is 0 Å². The van der Waals surface area contributed by atoms with E-state index < -0.39 is 11.6 Å². The maximum absolute atomic E-state index is 14.0. The summed E-state index contributed by atoms with van der Waals surface area (Å²) in [5, 5.41) is 0. The standard InChI is InChI=1S/C13H16F2N2O/c14-8-4-5-9(16)13(12(8)15)17-6-7-18-11-3-1-2-10(11)17/h4-5,10-11H,1-3,6-7,16H2. The van der Waals surface area contributed by atoms with E-state index in [2.05, 4.69) is 0 Å². The van der Waals surface area contributed by atoms with Gasteiger partial charge in [-0.15, -0.1) is 0 Å². The zero-order valence-electron chi connectivity index (χ0n) is 10.0. The Morgan fingerprint density at radius 3 is 2.94 bits per heavy atom. The molecule has 0 aromatic heterocycles. The van der Waals surface area contributed by atoms with E-state index in [1.165, 1.54) is 6.07 Å². The summed E-state index contributed by atoms with van der Waals surface area (Å²) in [7, 11) is 0. The summed E-state index contributed by atoms with van der Waals surface area (Å²) in [6.45, 7) is 1.10. The molecule has 98 valence electrons. The molecular formula is C13H16F2N2O. The molecule has 2 unspecified atom stereocenters. The molecule has 1 aromatic carbocycles. The lowest BCUT2D eigenvalue weighted by Gasteiger charge is -2.39. The normalized spacial score (nSPS) is 27.3. The van der Waals surface area contributed by atoms with E-state index in [1.54, 1.807) is 0 Å². The molecule has 0 radical (unpaired) electrons. The van der Waals surface area contributed by atoms with Crippen molar-refractivity contribution in [2.75, 3.05) is 23.8 Å². The summed E-state index contributed by atoms with van der Waals surface area (Å²) in [5.74, 6) is -1.69. The lowest BCUT2D eigenvalue weighted by atomic mass is 10.1. The van der Waals surface area contributed by atoms with Crippen molar-refractivity contribution in [3.8, 4) is 0 Å². The van der Waals surface area contributed by atoms with Crippen molar-refractivity contribution in [3.05, 3.63) is 23.8 Å². The molecule has 2 atom stereocenters. The van der Waals surface area contributed by atoms with Crippen molar-refractivity contribution in [1.29, 1.82) is 0 Å². The van der Waals surface area contributed by atoms with Gasteiger partial charge in [0.25, 0.3) is 0 Å². The Morgan fingerprint density at radius 2 is 2.11 bits per heavy atom. The topological polar surface area (TPSA) is 38.5 Å². The second-order valence-electron chi connectivity index (χ2n) is 4.90. The van der Waals surface area contributed by atoms with Crippen LogP contribution in [0.1, 0.15) is 19.3 Å². The second kappa shape index (κ2) is 4.39. The average Bonchev–Trinajstić information content (AvgIpc) is 2.83. The lowest BCUT2D eigenvalue weighted by molar-refractivity contribution is 0.0254. The Hall–Kier alpha value is -1.36. The highest BCUT2D eigenvalue weighted by atomic mass is 19.2. The smallest absolute Gasteiger partial charge is 0.184 e. The number of hydrogen-bond acceptors (Lipinski definition) is 3. The van der Waals surface area contributed by atoms with E-state index in [-0.39, 0.29) is 17.8 Å². The molecule has 0 bridgehead atoms. The predicted octanol–water partition coefficient (Wildman–Crippen LogP) is 2.30. The first-order chi connectivity index (χ1) is 8.68. The van der Waals surface area contributed by atoms with E-state index in [0.29, 0.717) is 18.8 Å². The van der Waals surface area contributed by atoms with Crippen LogP contribution < -0.4 is 10.6 Å². The third kappa shape index (κ3) is 1.73. The zero-order chi connectivity index (χ0) is 12.7. The zero-order valence-corrected chi connectivity index (χ0v) is 10.0. The second-order valence-corrected chi connectivity index (χ2v) is 4.90. The van der Waals surface area contributed by atoms with Crippen LogP contribution in [-0.2, 0) is 4.74 Å². The molecule has 1 saturated heterocycles. The van der Waals surface area contributed by atoms with Gasteiger partial charge in [-0.25, -0.2) is 8.78 Å². The van der Waals surface area contributed by atoms with Gasteiger partial charge in [-0.2, -0.15) is 0 Å². The Balaban J connectivity index is 2.01. The molecule has 3 nitrogen and oxygen atoms in total. The maximum atomic E-state index is 14.0. The van der Waals surface area contributed by atoms with Crippen LogP contribution in [0, 0.1) is 11.6 Å². The number of morpholine rings is 1. The van der Waals surface area contributed by atoms with Crippen LogP contribution in [0.3, 0.4) is 0 Å². The molecule has 1 aliphatic carbocycles. The molecule has 5 heteroatoms.